The maximum atomic E-state index is 11.6. The molecule has 1 amide bonds. The van der Waals surface area contributed by atoms with Gasteiger partial charge < -0.3 is 10.4 Å². The summed E-state index contributed by atoms with van der Waals surface area (Å²) in [5.41, 5.74) is 0.179. The molecule has 4 heteroatoms. The molecule has 4 nitrogen and oxygen atoms in total. The van der Waals surface area contributed by atoms with Crippen LogP contribution in [0, 0.1) is 12.3 Å². The summed E-state index contributed by atoms with van der Waals surface area (Å²) in [5, 5.41) is 12.0. The quantitative estimate of drug-likeness (QED) is 0.720. The SMILES string of the molecule is C#CC(CC)NC(=O)c1ccncc1O. The largest absolute Gasteiger partial charge is 0.505 e. The van der Waals surface area contributed by atoms with Gasteiger partial charge in [-0.3, -0.25) is 9.78 Å². The van der Waals surface area contributed by atoms with Crippen LogP contribution >= 0.6 is 0 Å². The van der Waals surface area contributed by atoms with Crippen molar-refractivity contribution in [2.24, 2.45) is 0 Å². The van der Waals surface area contributed by atoms with Gasteiger partial charge in [0.05, 0.1) is 17.8 Å². The predicted molar refractivity (Wildman–Crippen MR) is 56.3 cm³/mol. The Bertz CT molecular complexity index is 396. The maximum absolute atomic E-state index is 11.6. The number of amides is 1. The van der Waals surface area contributed by atoms with Crippen LogP contribution in [0.4, 0.5) is 0 Å². The predicted octanol–water partition coefficient (Wildman–Crippen LogP) is 0.929. The highest BCUT2D eigenvalue weighted by Gasteiger charge is 2.13. The van der Waals surface area contributed by atoms with Crippen molar-refractivity contribution in [3.8, 4) is 18.1 Å². The average molecular weight is 204 g/mol. The van der Waals surface area contributed by atoms with E-state index in [2.05, 4.69) is 16.2 Å². The van der Waals surface area contributed by atoms with E-state index in [1.54, 1.807) is 0 Å². The van der Waals surface area contributed by atoms with E-state index in [1.807, 2.05) is 6.92 Å². The number of carbonyl (C=O) groups excluding carboxylic acids is 1. The summed E-state index contributed by atoms with van der Waals surface area (Å²) in [5.74, 6) is 1.90. The molecule has 1 rings (SSSR count). The molecule has 0 aliphatic rings. The number of aromatic nitrogens is 1. The number of pyridine rings is 1. The van der Waals surface area contributed by atoms with Gasteiger partial charge in [0.2, 0.25) is 0 Å². The highest BCUT2D eigenvalue weighted by molar-refractivity contribution is 5.96. The lowest BCUT2D eigenvalue weighted by Crippen LogP contribution is -2.33. The van der Waals surface area contributed by atoms with E-state index >= 15 is 0 Å². The van der Waals surface area contributed by atoms with Crippen LogP contribution in [-0.4, -0.2) is 22.0 Å². The third kappa shape index (κ3) is 2.71. The van der Waals surface area contributed by atoms with Gasteiger partial charge >= 0.3 is 0 Å². The van der Waals surface area contributed by atoms with E-state index in [0.29, 0.717) is 6.42 Å². The Labute approximate surface area is 88.3 Å². The standard InChI is InChI=1S/C11H12N2O2/c1-3-8(4-2)13-11(15)9-5-6-12-7-10(9)14/h1,5-8,14H,4H2,2H3,(H,13,15). The lowest BCUT2D eigenvalue weighted by molar-refractivity contribution is 0.0942. The van der Waals surface area contributed by atoms with Gasteiger partial charge in [-0.2, -0.15) is 0 Å². The number of hydrogen-bond acceptors (Lipinski definition) is 3. The van der Waals surface area contributed by atoms with Crippen LogP contribution in [0.5, 0.6) is 5.75 Å². The lowest BCUT2D eigenvalue weighted by atomic mass is 10.2. The fourth-order valence-electron chi connectivity index (χ4n) is 1.08. The zero-order valence-electron chi connectivity index (χ0n) is 8.40. The van der Waals surface area contributed by atoms with Gasteiger partial charge in [0, 0.05) is 6.20 Å². The van der Waals surface area contributed by atoms with Crippen LogP contribution in [0.2, 0.25) is 0 Å². The summed E-state index contributed by atoms with van der Waals surface area (Å²) < 4.78 is 0. The first-order valence-electron chi connectivity index (χ1n) is 4.59. The minimum Gasteiger partial charge on any atom is -0.505 e. The van der Waals surface area contributed by atoms with Crippen molar-refractivity contribution < 1.29 is 9.90 Å². The minimum atomic E-state index is -0.389. The summed E-state index contributed by atoms with van der Waals surface area (Å²) >= 11 is 0. The summed E-state index contributed by atoms with van der Waals surface area (Å²) in [6, 6.07) is 1.12. The molecule has 0 saturated heterocycles. The fraction of sp³-hybridized carbons (Fsp3) is 0.273. The molecule has 0 fully saturated rings. The van der Waals surface area contributed by atoms with Gasteiger partial charge in [-0.1, -0.05) is 12.8 Å². The third-order valence-corrected chi connectivity index (χ3v) is 1.96. The Morgan fingerprint density at radius 3 is 3.07 bits per heavy atom. The van der Waals surface area contributed by atoms with Crippen LogP contribution in [0.15, 0.2) is 18.5 Å². The van der Waals surface area contributed by atoms with Gasteiger partial charge in [0.25, 0.3) is 5.91 Å². The molecule has 78 valence electrons. The smallest absolute Gasteiger partial charge is 0.256 e. The van der Waals surface area contributed by atoms with E-state index in [4.69, 9.17) is 6.42 Å². The van der Waals surface area contributed by atoms with Crippen LogP contribution < -0.4 is 5.32 Å². The molecule has 0 bridgehead atoms. The Morgan fingerprint density at radius 2 is 2.53 bits per heavy atom. The summed E-state index contributed by atoms with van der Waals surface area (Å²) in [4.78, 5) is 15.3. The second kappa shape index (κ2) is 5.01. The topological polar surface area (TPSA) is 62.2 Å². The molecule has 0 radical (unpaired) electrons. The van der Waals surface area contributed by atoms with Crippen molar-refractivity contribution >= 4 is 5.91 Å². The summed E-state index contributed by atoms with van der Waals surface area (Å²) in [7, 11) is 0. The van der Waals surface area contributed by atoms with Crippen LogP contribution in [-0.2, 0) is 0 Å². The van der Waals surface area contributed by atoms with Crippen molar-refractivity contribution in [2.45, 2.75) is 19.4 Å². The number of nitrogens with one attached hydrogen (secondary N) is 1. The lowest BCUT2D eigenvalue weighted by Gasteiger charge is -2.10. The molecule has 1 aromatic rings. The molecule has 1 unspecified atom stereocenters. The molecular weight excluding hydrogens is 192 g/mol. The number of carbonyl (C=O) groups is 1. The van der Waals surface area contributed by atoms with E-state index < -0.39 is 0 Å². The van der Waals surface area contributed by atoms with E-state index in [-0.39, 0.29) is 23.3 Å². The molecule has 0 spiro atoms. The molecule has 2 N–H and O–H groups in total. The van der Waals surface area contributed by atoms with Crippen molar-refractivity contribution in [1.29, 1.82) is 0 Å². The van der Waals surface area contributed by atoms with Gasteiger partial charge in [0.15, 0.2) is 0 Å². The molecule has 0 aromatic carbocycles. The number of rotatable bonds is 3. The van der Waals surface area contributed by atoms with Gasteiger partial charge in [0.1, 0.15) is 5.75 Å². The third-order valence-electron chi connectivity index (χ3n) is 1.96. The second-order valence-electron chi connectivity index (χ2n) is 2.99. The van der Waals surface area contributed by atoms with Gasteiger partial charge in [-0.15, -0.1) is 6.42 Å². The van der Waals surface area contributed by atoms with Crippen LogP contribution in [0.3, 0.4) is 0 Å². The molecule has 0 aliphatic heterocycles. The number of terminal acetylenes is 1. The fourth-order valence-corrected chi connectivity index (χ4v) is 1.08. The molecule has 0 aliphatic carbocycles. The van der Waals surface area contributed by atoms with E-state index in [0.717, 1.165) is 0 Å². The zero-order chi connectivity index (χ0) is 11.3. The van der Waals surface area contributed by atoms with E-state index in [1.165, 1.54) is 18.5 Å². The highest BCUT2D eigenvalue weighted by atomic mass is 16.3. The highest BCUT2D eigenvalue weighted by Crippen LogP contribution is 2.13. The Kier molecular flexibility index (Phi) is 3.69. The van der Waals surface area contributed by atoms with Crippen molar-refractivity contribution in [1.82, 2.24) is 10.3 Å². The summed E-state index contributed by atoms with van der Waals surface area (Å²) in [6.45, 7) is 1.87. The Morgan fingerprint density at radius 1 is 1.80 bits per heavy atom. The van der Waals surface area contributed by atoms with Gasteiger partial charge in [-0.25, -0.2) is 0 Å². The first-order valence-corrected chi connectivity index (χ1v) is 4.59. The first kappa shape index (κ1) is 11.1. The zero-order valence-corrected chi connectivity index (χ0v) is 8.40. The molecule has 1 heterocycles. The van der Waals surface area contributed by atoms with Crippen molar-refractivity contribution in [3.05, 3.63) is 24.0 Å². The Balaban J connectivity index is 2.79. The van der Waals surface area contributed by atoms with Crippen LogP contribution in [0.1, 0.15) is 23.7 Å². The number of hydrogen-bond donors (Lipinski definition) is 2. The van der Waals surface area contributed by atoms with Crippen molar-refractivity contribution in [3.63, 3.8) is 0 Å². The normalized spacial score (nSPS) is 11.5. The minimum absolute atomic E-state index is 0.151. The molecular formula is C11H12N2O2. The maximum Gasteiger partial charge on any atom is 0.256 e. The van der Waals surface area contributed by atoms with Gasteiger partial charge in [-0.05, 0) is 12.5 Å². The first-order chi connectivity index (χ1) is 7.19. The van der Waals surface area contributed by atoms with E-state index in [9.17, 15) is 9.90 Å². The Hall–Kier alpha value is -2.02. The average Bonchev–Trinajstić information content (AvgIpc) is 2.26. The molecule has 1 aromatic heterocycles. The second-order valence-corrected chi connectivity index (χ2v) is 2.99. The molecule has 1 atom stereocenters. The monoisotopic (exact) mass is 204 g/mol. The summed E-state index contributed by atoms with van der Waals surface area (Å²) in [6.07, 6.45) is 8.51. The van der Waals surface area contributed by atoms with Crippen molar-refractivity contribution in [2.75, 3.05) is 0 Å². The molecule has 15 heavy (non-hydrogen) atoms. The number of aromatic hydroxyl groups is 1. The molecule has 0 saturated carbocycles. The number of nitrogens with zero attached hydrogens (tertiary/aromatic N) is 1. The van der Waals surface area contributed by atoms with Crippen LogP contribution in [0.25, 0.3) is 0 Å².